The van der Waals surface area contributed by atoms with Crippen molar-refractivity contribution < 1.29 is 23.8 Å². The topological polar surface area (TPSA) is 142 Å². The van der Waals surface area contributed by atoms with E-state index in [2.05, 4.69) is 30.9 Å². The van der Waals surface area contributed by atoms with E-state index in [9.17, 15) is 9.59 Å². The second-order valence-corrected chi connectivity index (χ2v) is 8.58. The number of alkyl carbamates (subject to hydrolysis) is 1. The minimum absolute atomic E-state index is 0.0377. The van der Waals surface area contributed by atoms with Crippen molar-refractivity contribution in [2.24, 2.45) is 0 Å². The molecule has 3 rings (SSSR count). The molecule has 0 unspecified atom stereocenters. The summed E-state index contributed by atoms with van der Waals surface area (Å²) >= 11 is 5.97. The highest BCUT2D eigenvalue weighted by atomic mass is 35.5. The Morgan fingerprint density at radius 2 is 1.91 bits per heavy atom. The first-order valence-corrected chi connectivity index (χ1v) is 10.9. The van der Waals surface area contributed by atoms with Gasteiger partial charge in [-0.15, -0.1) is 10.2 Å². The quantitative estimate of drug-likeness (QED) is 0.438. The molecule has 12 nitrogen and oxygen atoms in total. The molecule has 1 amide bonds. The number of para-hydroxylation sites is 1. The number of amides is 1. The zero-order valence-electron chi connectivity index (χ0n) is 20.0. The third-order valence-corrected chi connectivity index (χ3v) is 4.60. The number of anilines is 2. The van der Waals surface area contributed by atoms with E-state index in [1.54, 1.807) is 50.0 Å². The van der Waals surface area contributed by atoms with E-state index in [1.807, 2.05) is 0 Å². The Bertz CT molecular complexity index is 1210. The summed E-state index contributed by atoms with van der Waals surface area (Å²) in [6.45, 7) is 6.08. The number of carbonyl (C=O) groups is 2. The lowest BCUT2D eigenvalue weighted by Crippen LogP contribution is -2.34. The van der Waals surface area contributed by atoms with E-state index in [0.29, 0.717) is 41.6 Å². The lowest BCUT2D eigenvalue weighted by atomic mass is 10.1. The van der Waals surface area contributed by atoms with Crippen LogP contribution in [0.2, 0.25) is 5.15 Å². The van der Waals surface area contributed by atoms with Crippen molar-refractivity contribution in [2.45, 2.75) is 32.9 Å². The molecule has 35 heavy (non-hydrogen) atoms. The summed E-state index contributed by atoms with van der Waals surface area (Å²) in [6.07, 6.45) is 1.04. The number of hydrogen-bond donors (Lipinski definition) is 2. The molecule has 3 aromatic rings. The van der Waals surface area contributed by atoms with Crippen molar-refractivity contribution in [3.05, 3.63) is 41.4 Å². The number of aromatic nitrogens is 5. The lowest BCUT2D eigenvalue weighted by molar-refractivity contribution is 0.0524. The highest BCUT2D eigenvalue weighted by molar-refractivity contribution is 6.29. The summed E-state index contributed by atoms with van der Waals surface area (Å²) < 4.78 is 17.2. The van der Waals surface area contributed by atoms with Gasteiger partial charge in [0.05, 0.1) is 37.7 Å². The molecule has 0 atom stereocenters. The fourth-order valence-electron chi connectivity index (χ4n) is 3.00. The first-order valence-electron chi connectivity index (χ1n) is 10.5. The molecule has 186 valence electrons. The van der Waals surface area contributed by atoms with Gasteiger partial charge in [0.1, 0.15) is 11.9 Å². The van der Waals surface area contributed by atoms with E-state index in [1.165, 1.54) is 20.3 Å². The molecule has 0 spiro atoms. The standard InChI is InChI=1S/C22H26ClN7O5/c1-22(2,3)35-21(32)24-9-10-30-12-25-19(29-30)13-7-6-8-14(18(13)33-4)26-15-11-16(23)27-28-17(15)20(31)34-5/h6-8,11-12H,9-10H2,1-5H3,(H,24,32)(H,26,27). The number of nitrogens with zero attached hydrogens (tertiary/aromatic N) is 5. The van der Waals surface area contributed by atoms with Crippen molar-refractivity contribution in [1.82, 2.24) is 30.3 Å². The number of rotatable bonds is 8. The highest BCUT2D eigenvalue weighted by Gasteiger charge is 2.20. The first kappa shape index (κ1) is 25.7. The van der Waals surface area contributed by atoms with Crippen LogP contribution in [0, 0.1) is 0 Å². The average molecular weight is 504 g/mol. The summed E-state index contributed by atoms with van der Waals surface area (Å²) in [6, 6.07) is 6.78. The molecule has 0 aliphatic heterocycles. The summed E-state index contributed by atoms with van der Waals surface area (Å²) in [7, 11) is 2.75. The molecule has 1 aromatic carbocycles. The van der Waals surface area contributed by atoms with Gasteiger partial charge in [-0.25, -0.2) is 14.6 Å². The number of carbonyl (C=O) groups excluding carboxylic acids is 2. The minimum Gasteiger partial charge on any atom is -0.494 e. The number of nitrogens with one attached hydrogen (secondary N) is 2. The monoisotopic (exact) mass is 503 g/mol. The van der Waals surface area contributed by atoms with E-state index in [4.69, 9.17) is 25.8 Å². The molecule has 0 aliphatic carbocycles. The molecule has 0 bridgehead atoms. The molecular formula is C22H26ClN7O5. The number of methoxy groups -OCH3 is 2. The zero-order chi connectivity index (χ0) is 25.6. The van der Waals surface area contributed by atoms with Gasteiger partial charge in [0.15, 0.2) is 22.4 Å². The van der Waals surface area contributed by atoms with Gasteiger partial charge in [0, 0.05) is 12.6 Å². The summed E-state index contributed by atoms with van der Waals surface area (Å²) in [4.78, 5) is 28.2. The molecule has 2 aromatic heterocycles. The smallest absolute Gasteiger partial charge is 0.407 e. The van der Waals surface area contributed by atoms with Crippen molar-refractivity contribution in [3.8, 4) is 17.1 Å². The third kappa shape index (κ3) is 6.79. The maximum absolute atomic E-state index is 12.1. The summed E-state index contributed by atoms with van der Waals surface area (Å²) in [5.41, 5.74) is 0.796. The molecule has 13 heteroatoms. The molecule has 0 radical (unpaired) electrons. The third-order valence-electron chi connectivity index (χ3n) is 4.42. The van der Waals surface area contributed by atoms with Crippen LogP contribution >= 0.6 is 11.6 Å². The molecule has 0 saturated carbocycles. The van der Waals surface area contributed by atoms with E-state index in [0.717, 1.165) is 0 Å². The van der Waals surface area contributed by atoms with Crippen molar-refractivity contribution in [3.63, 3.8) is 0 Å². The number of ether oxygens (including phenoxy) is 3. The largest absolute Gasteiger partial charge is 0.494 e. The summed E-state index contributed by atoms with van der Waals surface area (Å²) in [5, 5.41) is 17.9. The molecular weight excluding hydrogens is 478 g/mol. The summed E-state index contributed by atoms with van der Waals surface area (Å²) in [5.74, 6) is 0.162. The van der Waals surface area contributed by atoms with Crippen molar-refractivity contribution in [1.29, 1.82) is 0 Å². The predicted molar refractivity (Wildman–Crippen MR) is 128 cm³/mol. The van der Waals surface area contributed by atoms with Gasteiger partial charge in [-0.05, 0) is 32.9 Å². The van der Waals surface area contributed by atoms with Gasteiger partial charge in [-0.2, -0.15) is 5.10 Å². The first-order chi connectivity index (χ1) is 16.6. The van der Waals surface area contributed by atoms with Crippen LogP contribution in [0.25, 0.3) is 11.4 Å². The van der Waals surface area contributed by atoms with Crippen LogP contribution in [0.1, 0.15) is 31.3 Å². The predicted octanol–water partition coefficient (Wildman–Crippen LogP) is 3.45. The van der Waals surface area contributed by atoms with Crippen LogP contribution in [-0.2, 0) is 16.0 Å². The van der Waals surface area contributed by atoms with Crippen LogP contribution < -0.4 is 15.4 Å². The van der Waals surface area contributed by atoms with Gasteiger partial charge in [0.2, 0.25) is 0 Å². The number of halogens is 1. The Morgan fingerprint density at radius 1 is 1.14 bits per heavy atom. The SMILES string of the molecule is COC(=O)c1nnc(Cl)cc1Nc1cccc(-c2ncn(CCNC(=O)OC(C)(C)C)n2)c1OC. The Labute approximate surface area is 206 Å². The minimum atomic E-state index is -0.674. The molecule has 0 fully saturated rings. The van der Waals surface area contributed by atoms with Crippen molar-refractivity contribution >= 4 is 35.0 Å². The Hall–Kier alpha value is -3.93. The lowest BCUT2D eigenvalue weighted by Gasteiger charge is -2.19. The Morgan fingerprint density at radius 3 is 2.60 bits per heavy atom. The van der Waals surface area contributed by atoms with Crippen LogP contribution in [0.3, 0.4) is 0 Å². The fourth-order valence-corrected chi connectivity index (χ4v) is 3.15. The van der Waals surface area contributed by atoms with E-state index >= 15 is 0 Å². The Balaban J connectivity index is 1.79. The number of benzene rings is 1. The number of esters is 1. The normalized spacial score (nSPS) is 11.0. The second kappa shape index (κ2) is 11.0. The number of hydrogen-bond acceptors (Lipinski definition) is 10. The van der Waals surface area contributed by atoms with Crippen LogP contribution in [0.4, 0.5) is 16.2 Å². The Kier molecular flexibility index (Phi) is 8.07. The maximum Gasteiger partial charge on any atom is 0.407 e. The second-order valence-electron chi connectivity index (χ2n) is 8.19. The van der Waals surface area contributed by atoms with Gasteiger partial charge in [0.25, 0.3) is 0 Å². The molecule has 2 N–H and O–H groups in total. The van der Waals surface area contributed by atoms with Gasteiger partial charge >= 0.3 is 12.1 Å². The average Bonchev–Trinajstić information content (AvgIpc) is 3.26. The van der Waals surface area contributed by atoms with Gasteiger partial charge < -0.3 is 24.8 Å². The van der Waals surface area contributed by atoms with Crippen molar-refractivity contribution in [2.75, 3.05) is 26.1 Å². The molecule has 0 saturated heterocycles. The highest BCUT2D eigenvalue weighted by Crippen LogP contribution is 2.37. The molecule has 0 aliphatic rings. The van der Waals surface area contributed by atoms with Crippen LogP contribution in [0.5, 0.6) is 5.75 Å². The van der Waals surface area contributed by atoms with E-state index in [-0.39, 0.29) is 10.8 Å². The fraction of sp³-hybridized carbons (Fsp3) is 0.364. The van der Waals surface area contributed by atoms with Gasteiger partial charge in [-0.3, -0.25) is 4.68 Å². The molecule has 2 heterocycles. The van der Waals surface area contributed by atoms with Crippen LogP contribution in [0.15, 0.2) is 30.6 Å². The van der Waals surface area contributed by atoms with Crippen LogP contribution in [-0.4, -0.2) is 63.4 Å². The maximum atomic E-state index is 12.1. The zero-order valence-corrected chi connectivity index (χ0v) is 20.7. The van der Waals surface area contributed by atoms with Gasteiger partial charge in [-0.1, -0.05) is 17.7 Å². The van der Waals surface area contributed by atoms with E-state index < -0.39 is 17.7 Å².